The molecule has 0 aliphatic rings. The molecule has 0 heterocycles. The van der Waals surface area contributed by atoms with Crippen LogP contribution in [0.25, 0.3) is 0 Å². The van der Waals surface area contributed by atoms with Gasteiger partial charge in [-0.1, -0.05) is 30.3 Å². The predicted molar refractivity (Wildman–Crippen MR) is 62.7 cm³/mol. The van der Waals surface area contributed by atoms with Crippen LogP contribution < -0.4 is 5.32 Å². The van der Waals surface area contributed by atoms with Gasteiger partial charge in [-0.05, 0) is 0 Å². The summed E-state index contributed by atoms with van der Waals surface area (Å²) in [5.41, 5.74) is -1.28. The van der Waals surface area contributed by atoms with Crippen molar-refractivity contribution in [2.75, 3.05) is 21.3 Å². The van der Waals surface area contributed by atoms with Crippen LogP contribution in [0, 0.1) is 0 Å². The number of alkyl carbamates (subject to hydrolysis) is 1. The second-order valence-corrected chi connectivity index (χ2v) is 3.36. The molecular formula is C12H15NO5. The lowest BCUT2D eigenvalue weighted by Crippen LogP contribution is -2.53. The molecule has 0 aliphatic carbocycles. The van der Waals surface area contributed by atoms with E-state index < -0.39 is 17.8 Å². The number of ether oxygens (including phenoxy) is 3. The predicted octanol–water partition coefficient (Wildman–Crippen LogP) is 1.01. The summed E-state index contributed by atoms with van der Waals surface area (Å²) in [5.74, 6) is -0.749. The highest BCUT2D eigenvalue weighted by Gasteiger charge is 2.44. The van der Waals surface area contributed by atoms with Crippen LogP contribution in [0.5, 0.6) is 0 Å². The van der Waals surface area contributed by atoms with Crippen LogP contribution >= 0.6 is 0 Å². The summed E-state index contributed by atoms with van der Waals surface area (Å²) in [4.78, 5) is 23.3. The lowest BCUT2D eigenvalue weighted by atomic mass is 10.0. The Hall–Kier alpha value is -2.08. The van der Waals surface area contributed by atoms with Gasteiger partial charge in [0.15, 0.2) is 0 Å². The Morgan fingerprint density at radius 1 is 1.06 bits per heavy atom. The van der Waals surface area contributed by atoms with E-state index in [-0.39, 0.29) is 0 Å². The number of methoxy groups -OCH3 is 3. The van der Waals surface area contributed by atoms with Gasteiger partial charge < -0.3 is 14.2 Å². The van der Waals surface area contributed by atoms with Crippen molar-refractivity contribution in [3.05, 3.63) is 35.9 Å². The van der Waals surface area contributed by atoms with Gasteiger partial charge in [-0.3, -0.25) is 5.32 Å². The van der Waals surface area contributed by atoms with Crippen LogP contribution in [0.2, 0.25) is 0 Å². The van der Waals surface area contributed by atoms with E-state index >= 15 is 0 Å². The van der Waals surface area contributed by atoms with Gasteiger partial charge in [0, 0.05) is 12.7 Å². The van der Waals surface area contributed by atoms with Gasteiger partial charge in [0.1, 0.15) is 0 Å². The van der Waals surface area contributed by atoms with E-state index in [0.717, 1.165) is 0 Å². The maximum Gasteiger partial charge on any atom is 0.409 e. The van der Waals surface area contributed by atoms with E-state index in [1.807, 2.05) is 0 Å². The van der Waals surface area contributed by atoms with Gasteiger partial charge >= 0.3 is 12.1 Å². The molecule has 0 bridgehead atoms. The van der Waals surface area contributed by atoms with Crippen LogP contribution in [-0.2, 0) is 24.7 Å². The van der Waals surface area contributed by atoms with Crippen LogP contribution in [0.3, 0.4) is 0 Å². The zero-order chi connectivity index (χ0) is 13.6. The quantitative estimate of drug-likeness (QED) is 0.640. The fourth-order valence-corrected chi connectivity index (χ4v) is 1.50. The molecule has 0 spiro atoms. The fourth-order valence-electron chi connectivity index (χ4n) is 1.50. The first-order chi connectivity index (χ1) is 8.60. The lowest BCUT2D eigenvalue weighted by Gasteiger charge is -2.29. The molecule has 0 fully saturated rings. The van der Waals surface area contributed by atoms with E-state index in [0.29, 0.717) is 5.56 Å². The average Bonchev–Trinajstić information content (AvgIpc) is 2.44. The van der Waals surface area contributed by atoms with Crippen molar-refractivity contribution in [3.8, 4) is 0 Å². The summed E-state index contributed by atoms with van der Waals surface area (Å²) in [7, 11) is 3.69. The molecule has 1 unspecified atom stereocenters. The van der Waals surface area contributed by atoms with Gasteiger partial charge in [0.2, 0.25) is 0 Å². The molecule has 1 aromatic rings. The second-order valence-electron chi connectivity index (χ2n) is 3.36. The first-order valence-electron chi connectivity index (χ1n) is 5.16. The molecule has 1 atom stereocenters. The smallest absolute Gasteiger partial charge is 0.409 e. The Kier molecular flexibility index (Phi) is 4.67. The molecule has 0 aromatic heterocycles. The molecule has 1 rings (SSSR count). The van der Waals surface area contributed by atoms with Crippen molar-refractivity contribution < 1.29 is 23.8 Å². The Morgan fingerprint density at radius 3 is 2.11 bits per heavy atom. The van der Waals surface area contributed by atoms with Crippen LogP contribution in [0.1, 0.15) is 5.56 Å². The topological polar surface area (TPSA) is 73.9 Å². The Labute approximate surface area is 105 Å². The molecule has 6 heteroatoms. The minimum absolute atomic E-state index is 0.435. The van der Waals surface area contributed by atoms with E-state index in [1.165, 1.54) is 21.3 Å². The molecule has 18 heavy (non-hydrogen) atoms. The summed E-state index contributed by atoms with van der Waals surface area (Å²) in [6.45, 7) is 0. The van der Waals surface area contributed by atoms with Gasteiger partial charge in [0.05, 0.1) is 14.2 Å². The average molecular weight is 253 g/mol. The maximum absolute atomic E-state index is 11.9. The van der Waals surface area contributed by atoms with Crippen molar-refractivity contribution in [1.82, 2.24) is 5.32 Å². The number of amides is 1. The monoisotopic (exact) mass is 253 g/mol. The first kappa shape index (κ1) is 14.0. The summed E-state index contributed by atoms with van der Waals surface area (Å²) < 4.78 is 14.3. The van der Waals surface area contributed by atoms with Gasteiger partial charge in [-0.25, -0.2) is 9.59 Å². The van der Waals surface area contributed by atoms with Crippen molar-refractivity contribution in [2.24, 2.45) is 0 Å². The molecule has 0 saturated heterocycles. The second kappa shape index (κ2) is 6.02. The highest BCUT2D eigenvalue weighted by atomic mass is 16.6. The van der Waals surface area contributed by atoms with Crippen LogP contribution in [0.4, 0.5) is 4.79 Å². The summed E-state index contributed by atoms with van der Waals surface area (Å²) in [5, 5.41) is 2.34. The van der Waals surface area contributed by atoms with Crippen LogP contribution in [0.15, 0.2) is 30.3 Å². The highest BCUT2D eigenvalue weighted by molar-refractivity contribution is 5.85. The number of nitrogens with one attached hydrogen (secondary N) is 1. The fraction of sp³-hybridized carbons (Fsp3) is 0.333. The van der Waals surface area contributed by atoms with Crippen LogP contribution in [-0.4, -0.2) is 33.4 Å². The summed E-state index contributed by atoms with van der Waals surface area (Å²) in [6.07, 6.45) is -0.800. The standard InChI is InChI=1S/C12H15NO5/c1-16-10(14)12(18-3,13-11(15)17-2)9-7-5-4-6-8-9/h4-8H,1-3H3,(H,13,15). The third-order valence-corrected chi connectivity index (χ3v) is 2.42. The van der Waals surface area contributed by atoms with Gasteiger partial charge in [0.25, 0.3) is 5.72 Å². The minimum Gasteiger partial charge on any atom is -0.465 e. The third-order valence-electron chi connectivity index (χ3n) is 2.42. The van der Waals surface area contributed by atoms with Crippen molar-refractivity contribution in [2.45, 2.75) is 5.72 Å². The number of carbonyl (C=O) groups excluding carboxylic acids is 2. The minimum atomic E-state index is -1.72. The molecule has 1 aromatic carbocycles. The molecule has 1 N–H and O–H groups in total. The lowest BCUT2D eigenvalue weighted by molar-refractivity contribution is -0.171. The van der Waals surface area contributed by atoms with E-state index in [2.05, 4.69) is 14.8 Å². The Bertz CT molecular complexity index is 420. The maximum atomic E-state index is 11.9. The third kappa shape index (κ3) is 2.60. The number of esters is 1. The van der Waals surface area contributed by atoms with Crippen molar-refractivity contribution in [1.29, 1.82) is 0 Å². The molecule has 6 nitrogen and oxygen atoms in total. The number of carbonyl (C=O) groups is 2. The SMILES string of the molecule is COC(=O)NC(OC)(C(=O)OC)c1ccccc1. The normalized spacial score (nSPS) is 13.3. The Morgan fingerprint density at radius 2 is 1.67 bits per heavy atom. The van der Waals surface area contributed by atoms with Gasteiger partial charge in [-0.2, -0.15) is 0 Å². The summed E-state index contributed by atoms with van der Waals surface area (Å²) >= 11 is 0. The number of hydrogen-bond acceptors (Lipinski definition) is 5. The highest BCUT2D eigenvalue weighted by Crippen LogP contribution is 2.23. The molecule has 0 saturated carbocycles. The van der Waals surface area contributed by atoms with E-state index in [9.17, 15) is 9.59 Å². The summed E-state index contributed by atoms with van der Waals surface area (Å²) in [6, 6.07) is 8.47. The zero-order valence-corrected chi connectivity index (χ0v) is 10.4. The number of rotatable bonds is 4. The number of hydrogen-bond donors (Lipinski definition) is 1. The molecule has 0 aliphatic heterocycles. The first-order valence-corrected chi connectivity index (χ1v) is 5.16. The van der Waals surface area contributed by atoms with Crippen molar-refractivity contribution >= 4 is 12.1 Å². The molecule has 1 amide bonds. The molecule has 0 radical (unpaired) electrons. The molecular weight excluding hydrogens is 238 g/mol. The van der Waals surface area contributed by atoms with Crippen molar-refractivity contribution in [3.63, 3.8) is 0 Å². The largest absolute Gasteiger partial charge is 0.465 e. The van der Waals surface area contributed by atoms with E-state index in [1.54, 1.807) is 30.3 Å². The Balaban J connectivity index is 3.22. The molecule has 98 valence electrons. The zero-order valence-electron chi connectivity index (χ0n) is 10.4. The number of benzene rings is 1. The van der Waals surface area contributed by atoms with E-state index in [4.69, 9.17) is 4.74 Å². The van der Waals surface area contributed by atoms with Gasteiger partial charge in [-0.15, -0.1) is 0 Å².